The zero-order valence-corrected chi connectivity index (χ0v) is 11.8. The molecule has 0 saturated carbocycles. The summed E-state index contributed by atoms with van der Waals surface area (Å²) in [4.78, 5) is 8.86. The Bertz CT molecular complexity index is 582. The molecule has 1 heterocycles. The quantitative estimate of drug-likeness (QED) is 0.913. The van der Waals surface area contributed by atoms with Crippen LogP contribution in [0.25, 0.3) is 11.3 Å². The summed E-state index contributed by atoms with van der Waals surface area (Å²) in [5.41, 5.74) is 4.28. The Morgan fingerprint density at radius 3 is 2.63 bits per heavy atom. The lowest BCUT2D eigenvalue weighted by atomic mass is 10.0. The molecule has 0 spiro atoms. The van der Waals surface area contributed by atoms with Gasteiger partial charge in [0.2, 0.25) is 5.95 Å². The molecular formula is C15H19N3O. The zero-order valence-electron chi connectivity index (χ0n) is 11.8. The smallest absolute Gasteiger partial charge is 0.223 e. The largest absolute Gasteiger partial charge is 0.497 e. The third-order valence-corrected chi connectivity index (χ3v) is 3.00. The van der Waals surface area contributed by atoms with Crippen LogP contribution in [0.3, 0.4) is 0 Å². The molecule has 0 aliphatic rings. The number of benzene rings is 1. The van der Waals surface area contributed by atoms with E-state index in [1.165, 1.54) is 0 Å². The van der Waals surface area contributed by atoms with Crippen molar-refractivity contribution in [2.24, 2.45) is 0 Å². The summed E-state index contributed by atoms with van der Waals surface area (Å²) in [7, 11) is 1.67. The summed E-state index contributed by atoms with van der Waals surface area (Å²) in [5.74, 6) is 1.53. The van der Waals surface area contributed by atoms with Gasteiger partial charge in [-0.15, -0.1) is 0 Å². The molecule has 1 aromatic carbocycles. The standard InChI is InChI=1S/C15H19N3O/c1-5-16-15-17-9-11(3)14(18-15)13-7-6-12(19-4)8-10(13)2/h6-9H,5H2,1-4H3,(H,16,17,18). The van der Waals surface area contributed by atoms with E-state index < -0.39 is 0 Å². The minimum absolute atomic E-state index is 0.665. The Morgan fingerprint density at radius 2 is 2.00 bits per heavy atom. The van der Waals surface area contributed by atoms with Crippen LogP contribution in [0, 0.1) is 13.8 Å². The summed E-state index contributed by atoms with van der Waals surface area (Å²) in [6.07, 6.45) is 1.85. The molecule has 19 heavy (non-hydrogen) atoms. The highest BCUT2D eigenvalue weighted by atomic mass is 16.5. The van der Waals surface area contributed by atoms with Crippen LogP contribution < -0.4 is 10.1 Å². The molecular weight excluding hydrogens is 238 g/mol. The predicted molar refractivity (Wildman–Crippen MR) is 77.7 cm³/mol. The molecule has 0 aliphatic carbocycles. The number of methoxy groups -OCH3 is 1. The highest BCUT2D eigenvalue weighted by Gasteiger charge is 2.09. The number of hydrogen-bond donors (Lipinski definition) is 1. The molecule has 0 amide bonds. The third kappa shape index (κ3) is 2.84. The Labute approximate surface area is 113 Å². The van der Waals surface area contributed by atoms with Gasteiger partial charge in [0.15, 0.2) is 0 Å². The van der Waals surface area contributed by atoms with Gasteiger partial charge in [-0.2, -0.15) is 0 Å². The van der Waals surface area contributed by atoms with Crippen molar-refractivity contribution in [1.82, 2.24) is 9.97 Å². The van der Waals surface area contributed by atoms with Gasteiger partial charge in [-0.1, -0.05) is 0 Å². The molecule has 0 bridgehead atoms. The number of ether oxygens (including phenoxy) is 1. The molecule has 0 radical (unpaired) electrons. The second kappa shape index (κ2) is 5.69. The minimum atomic E-state index is 0.665. The van der Waals surface area contributed by atoms with Crippen molar-refractivity contribution in [2.45, 2.75) is 20.8 Å². The maximum absolute atomic E-state index is 5.23. The average molecular weight is 257 g/mol. The van der Waals surface area contributed by atoms with Crippen LogP contribution in [0.5, 0.6) is 5.75 Å². The van der Waals surface area contributed by atoms with Gasteiger partial charge in [0.25, 0.3) is 0 Å². The molecule has 2 rings (SSSR count). The molecule has 4 nitrogen and oxygen atoms in total. The van der Waals surface area contributed by atoms with Gasteiger partial charge in [-0.05, 0) is 50.1 Å². The van der Waals surface area contributed by atoms with E-state index in [1.807, 2.05) is 38.2 Å². The van der Waals surface area contributed by atoms with Crippen molar-refractivity contribution >= 4 is 5.95 Å². The van der Waals surface area contributed by atoms with Crippen molar-refractivity contribution in [2.75, 3.05) is 19.0 Å². The Hall–Kier alpha value is -2.10. The Morgan fingerprint density at radius 1 is 1.21 bits per heavy atom. The minimum Gasteiger partial charge on any atom is -0.497 e. The SMILES string of the molecule is CCNc1ncc(C)c(-c2ccc(OC)cc2C)n1. The van der Waals surface area contributed by atoms with E-state index in [9.17, 15) is 0 Å². The molecule has 2 aromatic rings. The lowest BCUT2D eigenvalue weighted by molar-refractivity contribution is 0.414. The van der Waals surface area contributed by atoms with Crippen LogP contribution in [-0.4, -0.2) is 23.6 Å². The van der Waals surface area contributed by atoms with Crippen molar-refractivity contribution in [3.63, 3.8) is 0 Å². The summed E-state index contributed by atoms with van der Waals surface area (Å²) in [6, 6.07) is 6.01. The summed E-state index contributed by atoms with van der Waals surface area (Å²) >= 11 is 0. The fourth-order valence-corrected chi connectivity index (χ4v) is 1.99. The molecule has 4 heteroatoms. The number of aromatic nitrogens is 2. The van der Waals surface area contributed by atoms with Gasteiger partial charge in [0.05, 0.1) is 12.8 Å². The first-order valence-electron chi connectivity index (χ1n) is 6.38. The summed E-state index contributed by atoms with van der Waals surface area (Å²) < 4.78 is 5.23. The van der Waals surface area contributed by atoms with Gasteiger partial charge in [-0.25, -0.2) is 9.97 Å². The van der Waals surface area contributed by atoms with E-state index in [-0.39, 0.29) is 0 Å². The second-order valence-corrected chi connectivity index (χ2v) is 4.44. The van der Waals surface area contributed by atoms with Crippen molar-refractivity contribution in [3.05, 3.63) is 35.5 Å². The monoisotopic (exact) mass is 257 g/mol. The van der Waals surface area contributed by atoms with Crippen LogP contribution in [0.4, 0.5) is 5.95 Å². The maximum atomic E-state index is 5.23. The maximum Gasteiger partial charge on any atom is 0.223 e. The highest BCUT2D eigenvalue weighted by molar-refractivity contribution is 5.68. The molecule has 0 aliphatic heterocycles. The first kappa shape index (κ1) is 13.3. The second-order valence-electron chi connectivity index (χ2n) is 4.44. The predicted octanol–water partition coefficient (Wildman–Crippen LogP) is 3.20. The van der Waals surface area contributed by atoms with Gasteiger partial charge < -0.3 is 10.1 Å². The number of hydrogen-bond acceptors (Lipinski definition) is 4. The van der Waals surface area contributed by atoms with E-state index in [4.69, 9.17) is 4.74 Å². The van der Waals surface area contributed by atoms with Crippen LogP contribution in [-0.2, 0) is 0 Å². The fraction of sp³-hybridized carbons (Fsp3) is 0.333. The van der Waals surface area contributed by atoms with Crippen molar-refractivity contribution in [1.29, 1.82) is 0 Å². The first-order valence-corrected chi connectivity index (χ1v) is 6.38. The zero-order chi connectivity index (χ0) is 13.8. The lowest BCUT2D eigenvalue weighted by Crippen LogP contribution is -2.04. The fourth-order valence-electron chi connectivity index (χ4n) is 1.99. The van der Waals surface area contributed by atoms with E-state index in [2.05, 4.69) is 22.2 Å². The number of rotatable bonds is 4. The molecule has 100 valence electrons. The van der Waals surface area contributed by atoms with E-state index in [0.29, 0.717) is 5.95 Å². The molecule has 0 atom stereocenters. The Balaban J connectivity index is 2.48. The van der Waals surface area contributed by atoms with Crippen molar-refractivity contribution < 1.29 is 4.74 Å². The molecule has 0 fully saturated rings. The highest BCUT2D eigenvalue weighted by Crippen LogP contribution is 2.28. The van der Waals surface area contributed by atoms with Gasteiger partial charge in [0.1, 0.15) is 5.75 Å². The molecule has 1 N–H and O–H groups in total. The van der Waals surface area contributed by atoms with Crippen molar-refractivity contribution in [3.8, 4) is 17.0 Å². The number of nitrogens with zero attached hydrogens (tertiary/aromatic N) is 2. The Kier molecular flexibility index (Phi) is 4.00. The van der Waals surface area contributed by atoms with Gasteiger partial charge in [-0.3, -0.25) is 0 Å². The topological polar surface area (TPSA) is 47.0 Å². The number of aryl methyl sites for hydroxylation is 2. The normalized spacial score (nSPS) is 10.3. The third-order valence-electron chi connectivity index (χ3n) is 3.00. The van der Waals surface area contributed by atoms with Gasteiger partial charge >= 0.3 is 0 Å². The number of nitrogens with one attached hydrogen (secondary N) is 1. The van der Waals surface area contributed by atoms with Crippen LogP contribution in [0.1, 0.15) is 18.1 Å². The molecule has 0 unspecified atom stereocenters. The first-order chi connectivity index (χ1) is 9.15. The summed E-state index contributed by atoms with van der Waals surface area (Å²) in [6.45, 7) is 6.92. The van der Waals surface area contributed by atoms with Crippen LogP contribution >= 0.6 is 0 Å². The number of anilines is 1. The van der Waals surface area contributed by atoms with E-state index in [0.717, 1.165) is 34.7 Å². The lowest BCUT2D eigenvalue weighted by Gasteiger charge is -2.11. The summed E-state index contributed by atoms with van der Waals surface area (Å²) in [5, 5.41) is 3.14. The van der Waals surface area contributed by atoms with Gasteiger partial charge in [0, 0.05) is 18.3 Å². The molecule has 1 aromatic heterocycles. The van der Waals surface area contributed by atoms with Crippen LogP contribution in [0.15, 0.2) is 24.4 Å². The van der Waals surface area contributed by atoms with E-state index in [1.54, 1.807) is 7.11 Å². The van der Waals surface area contributed by atoms with E-state index >= 15 is 0 Å². The average Bonchev–Trinajstić information content (AvgIpc) is 2.41. The van der Waals surface area contributed by atoms with Crippen LogP contribution in [0.2, 0.25) is 0 Å². The molecule has 0 saturated heterocycles.